The van der Waals surface area contributed by atoms with Crippen molar-refractivity contribution in [3.05, 3.63) is 29.8 Å². The summed E-state index contributed by atoms with van der Waals surface area (Å²) in [7, 11) is 0. The molecule has 1 unspecified atom stereocenters. The van der Waals surface area contributed by atoms with E-state index in [0.717, 1.165) is 43.4 Å². The van der Waals surface area contributed by atoms with E-state index in [9.17, 15) is 78.0 Å². The van der Waals surface area contributed by atoms with Crippen LogP contribution in [0.5, 0.6) is 5.75 Å². The van der Waals surface area contributed by atoms with Gasteiger partial charge in [0.25, 0.3) is 0 Å². The van der Waals surface area contributed by atoms with Gasteiger partial charge in [0, 0.05) is 31.8 Å². The Kier molecular flexibility index (Phi) is 27.6. The zero-order valence-corrected chi connectivity index (χ0v) is 41.5. The number of nitrogens with two attached hydrogens (primary N) is 4. The van der Waals surface area contributed by atoms with Crippen LogP contribution in [-0.4, -0.2) is 158 Å². The molecule has 1 aliphatic heterocycles. The fourth-order valence-corrected chi connectivity index (χ4v) is 8.01. The van der Waals surface area contributed by atoms with Crippen LogP contribution in [0.4, 0.5) is 0 Å². The number of phenolic OH excluding ortho intramolecular Hbond substituents is 1. The Morgan fingerprint density at radius 3 is 1.64 bits per heavy atom. The number of rotatable bonds is 36. The Balaban J connectivity index is 2.36. The molecule has 27 nitrogen and oxygen atoms in total. The van der Waals surface area contributed by atoms with Crippen molar-refractivity contribution >= 4 is 71.0 Å². The summed E-state index contributed by atoms with van der Waals surface area (Å²) in [5.74, 6) is -13.9. The fraction of sp³-hybridized carbons (Fsp3) is 0.617. The molecule has 2 rings (SSSR count). The fourth-order valence-electron chi connectivity index (χ4n) is 8.01. The van der Waals surface area contributed by atoms with Crippen molar-refractivity contribution in [3.63, 3.8) is 0 Å². The van der Waals surface area contributed by atoms with E-state index < -0.39 is 158 Å². The number of carbonyl (C=O) groups excluding carboxylic acids is 10. The number of aliphatic hydroxyl groups is 1. The summed E-state index contributed by atoms with van der Waals surface area (Å²) in [6.45, 7) is 0.957. The van der Waals surface area contributed by atoms with Crippen LogP contribution >= 0.6 is 0 Å². The zero-order valence-electron chi connectivity index (χ0n) is 41.5. The summed E-state index contributed by atoms with van der Waals surface area (Å²) in [6.07, 6.45) is 4.72. The maximum absolute atomic E-state index is 14.2. The topological polar surface area (TPSA) is 465 Å². The second kappa shape index (κ2) is 32.6. The number of nitrogens with one attached hydrogen (secondary N) is 6. The van der Waals surface area contributed by atoms with Crippen LogP contribution in [0.1, 0.15) is 122 Å². The minimum absolute atomic E-state index is 0.0360. The molecule has 18 N–H and O–H groups in total. The molecule has 1 aromatic carbocycles. The standard InChI is InChI=1S/C47H73N11O16/c1-2-3-4-5-6-7-8-9-11-27(48)21-39(64)52-33(24-40(65)66)44(70)54-30(20-26-13-15-28(60)16-14-26)41(67)55-31(22-37(50)62)42(68)53-29(17-18-36(49)61)46(72)58-19-10-12-35(58)45(71)56-32(23-38(51)63)43(69)57-34(25-59)47(73)74/h13-16,27,29-35,59-60H,2-12,17-25,48H2,1H3,(H2,49,61)(H2,50,62)(H2,51,63)(H,52,64)(H,53,68)(H,54,70)(H,55,67)(H,56,71)(H,57,69)(H,65,66)(H,73,74)/t27?,29-,30+,31+,32-,33-,34-,35-/m0/s1. The number of carbonyl (C=O) groups is 12. The molecule has 1 aliphatic rings. The molecule has 0 aliphatic carbocycles. The first-order valence-electron chi connectivity index (χ1n) is 24.5. The minimum Gasteiger partial charge on any atom is -0.508 e. The summed E-state index contributed by atoms with van der Waals surface area (Å²) < 4.78 is 0. The van der Waals surface area contributed by atoms with Gasteiger partial charge in [0.2, 0.25) is 59.1 Å². The minimum atomic E-state index is -1.90. The second-order valence-electron chi connectivity index (χ2n) is 18.2. The van der Waals surface area contributed by atoms with E-state index in [1.807, 2.05) is 5.32 Å². The van der Waals surface area contributed by atoms with Crippen molar-refractivity contribution in [1.82, 2.24) is 36.8 Å². The SMILES string of the molecule is CCCCCCCCCCC(N)CC(=O)N[C@@H](CC(=O)O)C(=O)N[C@H](Cc1ccc(O)cc1)C(=O)N[C@H](CC(N)=O)C(=O)N[C@@H](CCC(N)=O)C(=O)N1CCC[C@H]1C(=O)N[C@@H](CC(N)=O)C(=O)N[C@@H](CO)C(=O)O. The van der Waals surface area contributed by atoms with Gasteiger partial charge < -0.3 is 80.2 Å². The summed E-state index contributed by atoms with van der Waals surface area (Å²) in [5, 5.41) is 51.8. The monoisotopic (exact) mass is 1050 g/mol. The van der Waals surface area contributed by atoms with Crippen LogP contribution in [0.3, 0.4) is 0 Å². The number of aliphatic hydroxyl groups excluding tert-OH is 1. The molecule has 0 aromatic heterocycles. The van der Waals surface area contributed by atoms with E-state index in [2.05, 4.69) is 33.5 Å². The van der Waals surface area contributed by atoms with Gasteiger partial charge >= 0.3 is 11.9 Å². The van der Waals surface area contributed by atoms with E-state index in [1.165, 1.54) is 37.1 Å². The van der Waals surface area contributed by atoms with Crippen molar-refractivity contribution in [2.45, 2.75) is 171 Å². The largest absolute Gasteiger partial charge is 0.508 e. The van der Waals surface area contributed by atoms with Gasteiger partial charge in [0.15, 0.2) is 0 Å². The molecular formula is C47H73N11O16. The number of aromatic hydroxyl groups is 1. The summed E-state index contributed by atoms with van der Waals surface area (Å²) in [5.41, 5.74) is 22.6. The van der Waals surface area contributed by atoms with Crippen LogP contribution in [0.15, 0.2) is 24.3 Å². The van der Waals surface area contributed by atoms with Gasteiger partial charge in [-0.05, 0) is 43.4 Å². The van der Waals surface area contributed by atoms with Crippen LogP contribution in [0, 0.1) is 0 Å². The van der Waals surface area contributed by atoms with Gasteiger partial charge in [0.05, 0.1) is 25.9 Å². The third-order valence-corrected chi connectivity index (χ3v) is 11.9. The Morgan fingerprint density at radius 2 is 1.11 bits per heavy atom. The highest BCUT2D eigenvalue weighted by molar-refractivity contribution is 6.00. The van der Waals surface area contributed by atoms with E-state index in [4.69, 9.17) is 22.9 Å². The third kappa shape index (κ3) is 23.4. The van der Waals surface area contributed by atoms with Gasteiger partial charge in [-0.1, -0.05) is 70.4 Å². The lowest BCUT2D eigenvalue weighted by molar-refractivity contribution is -0.144. The Morgan fingerprint density at radius 1 is 0.608 bits per heavy atom. The van der Waals surface area contributed by atoms with Crippen molar-refractivity contribution in [2.24, 2.45) is 22.9 Å². The number of benzene rings is 1. The molecule has 1 aromatic rings. The number of unbranched alkanes of at least 4 members (excludes halogenated alkanes) is 7. The average molecular weight is 1050 g/mol. The molecule has 1 saturated heterocycles. The van der Waals surface area contributed by atoms with Crippen molar-refractivity contribution in [1.29, 1.82) is 0 Å². The highest BCUT2D eigenvalue weighted by Crippen LogP contribution is 2.21. The number of carboxylic acids is 2. The van der Waals surface area contributed by atoms with Gasteiger partial charge in [-0.15, -0.1) is 0 Å². The van der Waals surface area contributed by atoms with Gasteiger partial charge in [0.1, 0.15) is 48.0 Å². The van der Waals surface area contributed by atoms with Crippen molar-refractivity contribution in [2.75, 3.05) is 13.2 Å². The Labute approximate surface area is 427 Å². The van der Waals surface area contributed by atoms with Crippen LogP contribution in [0.25, 0.3) is 0 Å². The van der Waals surface area contributed by atoms with E-state index in [1.54, 1.807) is 0 Å². The molecule has 10 amide bonds. The summed E-state index contributed by atoms with van der Waals surface area (Å²) in [6, 6.07) is -7.27. The molecule has 0 bridgehead atoms. The second-order valence-corrected chi connectivity index (χ2v) is 18.2. The number of nitrogens with zero attached hydrogens (tertiary/aromatic N) is 1. The maximum Gasteiger partial charge on any atom is 0.328 e. The first-order chi connectivity index (χ1) is 34.9. The molecule has 0 radical (unpaired) electrons. The molecule has 0 spiro atoms. The van der Waals surface area contributed by atoms with Crippen molar-refractivity contribution < 1.29 is 78.0 Å². The first-order valence-corrected chi connectivity index (χ1v) is 24.5. The van der Waals surface area contributed by atoms with E-state index in [0.29, 0.717) is 12.0 Å². The molecule has 412 valence electrons. The lowest BCUT2D eigenvalue weighted by Crippen LogP contribution is -2.60. The molecule has 74 heavy (non-hydrogen) atoms. The third-order valence-electron chi connectivity index (χ3n) is 11.9. The zero-order chi connectivity index (χ0) is 55.5. The van der Waals surface area contributed by atoms with Crippen molar-refractivity contribution in [3.8, 4) is 5.75 Å². The molecule has 8 atom stereocenters. The number of amides is 10. The highest BCUT2D eigenvalue weighted by atomic mass is 16.4. The smallest absolute Gasteiger partial charge is 0.328 e. The van der Waals surface area contributed by atoms with Crippen LogP contribution in [0.2, 0.25) is 0 Å². The lowest BCUT2D eigenvalue weighted by atomic mass is 10.0. The number of phenols is 1. The lowest BCUT2D eigenvalue weighted by Gasteiger charge is -2.31. The number of aliphatic carboxylic acids is 2. The molecule has 1 fully saturated rings. The summed E-state index contributed by atoms with van der Waals surface area (Å²) in [4.78, 5) is 156. The number of primary amides is 3. The molecule has 0 saturated carbocycles. The van der Waals surface area contributed by atoms with Gasteiger partial charge in [-0.2, -0.15) is 0 Å². The Hall–Kier alpha value is -7.42. The number of carboxylic acid groups (broad SMARTS) is 2. The van der Waals surface area contributed by atoms with Gasteiger partial charge in [-0.25, -0.2) is 4.79 Å². The van der Waals surface area contributed by atoms with Crippen LogP contribution < -0.4 is 54.8 Å². The van der Waals surface area contributed by atoms with E-state index >= 15 is 0 Å². The highest BCUT2D eigenvalue weighted by Gasteiger charge is 2.41. The Bertz CT molecular complexity index is 2130. The van der Waals surface area contributed by atoms with Crippen LogP contribution in [-0.2, 0) is 64.0 Å². The number of hydrogen-bond donors (Lipinski definition) is 14. The normalized spacial score (nSPS) is 15.9. The van der Waals surface area contributed by atoms with E-state index in [-0.39, 0.29) is 38.0 Å². The average Bonchev–Trinajstić information content (AvgIpc) is 3.82. The maximum atomic E-state index is 14.2. The predicted molar refractivity (Wildman–Crippen MR) is 261 cm³/mol. The van der Waals surface area contributed by atoms with Gasteiger partial charge in [-0.3, -0.25) is 52.7 Å². The first kappa shape index (κ1) is 62.7. The summed E-state index contributed by atoms with van der Waals surface area (Å²) >= 11 is 0. The molecular weight excluding hydrogens is 975 g/mol. The predicted octanol–water partition coefficient (Wildman–Crippen LogP) is -3.35. The quantitative estimate of drug-likeness (QED) is 0.0292. The molecule has 27 heteroatoms. The number of likely N-dealkylation sites (tertiary alicyclic amines) is 1. The number of hydrogen-bond acceptors (Lipinski definition) is 15. The molecule has 1 heterocycles.